The molecule has 1 saturated carbocycles. The summed E-state index contributed by atoms with van der Waals surface area (Å²) >= 11 is 0. The van der Waals surface area contributed by atoms with Crippen LogP contribution in [0.15, 0.2) is 64.4 Å². The maximum Gasteiger partial charge on any atom is 0.227 e. The number of phenolic OH excluding ortho intramolecular Hbond substituents is 1. The number of nitrogens with zero attached hydrogens (tertiary/aromatic N) is 1. The van der Waals surface area contributed by atoms with Crippen molar-refractivity contribution >= 4 is 12.0 Å². The Labute approximate surface area is 272 Å². The zero-order valence-corrected chi connectivity index (χ0v) is 27.1. The molecule has 6 N–H and O–H groups in total. The van der Waals surface area contributed by atoms with Crippen LogP contribution >= 0.6 is 0 Å². The number of aromatic hydroxyl groups is 1. The summed E-state index contributed by atoms with van der Waals surface area (Å²) in [5, 5.41) is 24.3. The number of carbonyl (C=O) groups is 1. The number of quaternary nitrogens is 1. The quantitative estimate of drug-likeness (QED) is 0.210. The van der Waals surface area contributed by atoms with Crippen LogP contribution in [-0.2, 0) is 16.6 Å². The van der Waals surface area contributed by atoms with Crippen LogP contribution in [-0.4, -0.2) is 48.1 Å². The summed E-state index contributed by atoms with van der Waals surface area (Å²) in [6, 6.07) is 12.1. The van der Waals surface area contributed by atoms with Crippen LogP contribution in [0.3, 0.4) is 0 Å². The molecule has 3 aliphatic heterocycles. The van der Waals surface area contributed by atoms with Crippen LogP contribution in [0.4, 0.5) is 0 Å². The van der Waals surface area contributed by atoms with E-state index in [2.05, 4.69) is 42.9 Å². The number of benzene rings is 2. The highest BCUT2D eigenvalue weighted by molar-refractivity contribution is 5.91. The van der Waals surface area contributed by atoms with Crippen molar-refractivity contribution in [1.29, 1.82) is 0 Å². The van der Waals surface area contributed by atoms with E-state index in [1.807, 2.05) is 12.1 Å². The lowest BCUT2D eigenvalue weighted by molar-refractivity contribution is -0.855. The van der Waals surface area contributed by atoms with Gasteiger partial charge in [0.15, 0.2) is 11.5 Å². The normalized spacial score (nSPS) is 28.1. The highest BCUT2D eigenvalue weighted by Crippen LogP contribution is 2.60. The number of aliphatic imine (C=N–C) groups is 1. The molecule has 1 unspecified atom stereocenters. The Hall–Kier alpha value is -3.30. The summed E-state index contributed by atoms with van der Waals surface area (Å²) in [7, 11) is 0. The molecule has 2 aromatic rings. The number of unbranched alkanes of at least 4 members (excludes halogenated alkanes) is 2. The number of aryl methyl sites for hydroxylation is 1. The molecule has 0 saturated heterocycles. The molecular formula is C38H49N4O4+. The number of hydrogen-bond acceptors (Lipinski definition) is 7. The van der Waals surface area contributed by atoms with E-state index in [-0.39, 0.29) is 29.5 Å². The van der Waals surface area contributed by atoms with E-state index in [9.17, 15) is 15.0 Å². The number of nitrogens with two attached hydrogens (primary N) is 1. The average molecular weight is 626 g/mol. The molecule has 2 aliphatic carbocycles. The van der Waals surface area contributed by atoms with Crippen molar-refractivity contribution in [3.8, 4) is 11.5 Å². The zero-order valence-electron chi connectivity index (χ0n) is 27.1. The summed E-state index contributed by atoms with van der Waals surface area (Å²) < 4.78 is 6.19. The summed E-state index contributed by atoms with van der Waals surface area (Å²) in [4.78, 5) is 18.6. The van der Waals surface area contributed by atoms with Gasteiger partial charge in [0.2, 0.25) is 6.73 Å². The number of allylic oxidation sites excluding steroid dienone is 1. The van der Waals surface area contributed by atoms with Crippen molar-refractivity contribution in [3.63, 3.8) is 0 Å². The van der Waals surface area contributed by atoms with Gasteiger partial charge in [-0.1, -0.05) is 56.9 Å². The third kappa shape index (κ3) is 5.74. The molecule has 3 heterocycles. The lowest BCUT2D eigenvalue weighted by Gasteiger charge is -2.48. The van der Waals surface area contributed by atoms with Crippen molar-refractivity contribution < 1.29 is 24.6 Å². The predicted octanol–water partition coefficient (Wildman–Crippen LogP) is 4.47. The van der Waals surface area contributed by atoms with Crippen LogP contribution in [0.2, 0.25) is 0 Å². The first kappa shape index (κ1) is 31.3. The molecule has 5 aliphatic rings. The number of aliphatic hydroxyl groups excluding tert-OH is 1. The van der Waals surface area contributed by atoms with E-state index in [1.54, 1.807) is 6.07 Å². The summed E-state index contributed by atoms with van der Waals surface area (Å²) in [6.07, 6.45) is 13.4. The van der Waals surface area contributed by atoms with Crippen LogP contribution in [0.25, 0.3) is 0 Å². The standard InChI is InChI=1S/C38H48N4O4/c1-2-3-4-8-27(43)18-28(44)13-11-24-12-14-34(45)35(16-24)46-23-42-21-30-32(20-40-33(30)22-42)38-15-6-7-26(38)17-25-19-41-37(39)29-9-5-10-31(38)36(25)29/h5,9-10,12,14,16,20,22,25-27,37,41,43,45H,2-4,6-8,11,13,15,17-19,21,23,39H2,1H3/p+1/t25-,26-,27-,37+,38+/m1/s1. The number of aliphatic hydroxyl groups is 1. The number of phenols is 1. The monoisotopic (exact) mass is 625 g/mol. The highest BCUT2D eigenvalue weighted by atomic mass is 16.5. The Bertz CT molecular complexity index is 1580. The Morgan fingerprint density at radius 2 is 2.15 bits per heavy atom. The minimum absolute atomic E-state index is 0.0147. The third-order valence-corrected chi connectivity index (χ3v) is 11.3. The van der Waals surface area contributed by atoms with Gasteiger partial charge >= 0.3 is 0 Å². The van der Waals surface area contributed by atoms with Crippen LogP contribution < -0.4 is 20.7 Å². The molecule has 0 bridgehead atoms. The molecular weight excluding hydrogens is 576 g/mol. The molecule has 0 aromatic heterocycles. The number of ether oxygens (including phenoxy) is 1. The first-order chi connectivity index (χ1) is 22.4. The maximum absolute atomic E-state index is 12.5. The lowest BCUT2D eigenvalue weighted by Crippen LogP contribution is -3.07. The molecule has 46 heavy (non-hydrogen) atoms. The van der Waals surface area contributed by atoms with Crippen molar-refractivity contribution in [2.45, 2.75) is 101 Å². The molecule has 0 radical (unpaired) electrons. The van der Waals surface area contributed by atoms with E-state index in [0.717, 1.165) is 54.9 Å². The van der Waals surface area contributed by atoms with E-state index < -0.39 is 6.10 Å². The second-order valence-electron chi connectivity index (χ2n) is 14.2. The molecule has 0 spiro atoms. The second kappa shape index (κ2) is 13.1. The third-order valence-electron chi connectivity index (χ3n) is 11.3. The van der Waals surface area contributed by atoms with Crippen LogP contribution in [0.1, 0.15) is 105 Å². The number of fused-ring (bicyclic) bond motifs is 3. The second-order valence-corrected chi connectivity index (χ2v) is 14.2. The number of nitrogens with one attached hydrogen (secondary N) is 2. The first-order valence-electron chi connectivity index (χ1n) is 17.5. The SMILES string of the molecule is CCCCC[C@@H](O)CC(=O)CCc1ccc(O)c(OC[NH+]2C=C3N=CC([C@@]45CCC[C@@H]4C[C@@H]4CN[C@H](N)c6cccc5c64)=C3C2)c1. The average Bonchev–Trinajstić information content (AvgIpc) is 3.77. The number of Topliss-reactive ketones (excluding diaryl/α,β-unsaturated/α-hetero) is 1. The molecule has 6 atom stereocenters. The Balaban J connectivity index is 1.03. The first-order valence-corrected chi connectivity index (χ1v) is 17.5. The van der Waals surface area contributed by atoms with Gasteiger partial charge in [-0.2, -0.15) is 0 Å². The van der Waals surface area contributed by atoms with Gasteiger partial charge in [0, 0.05) is 36.6 Å². The van der Waals surface area contributed by atoms with E-state index >= 15 is 0 Å². The summed E-state index contributed by atoms with van der Waals surface area (Å²) in [6.45, 7) is 4.25. The molecule has 1 fully saturated rings. The van der Waals surface area contributed by atoms with Gasteiger partial charge in [0.1, 0.15) is 24.2 Å². The van der Waals surface area contributed by atoms with Crippen LogP contribution in [0, 0.1) is 5.92 Å². The minimum atomic E-state index is -0.558. The van der Waals surface area contributed by atoms with Crippen molar-refractivity contribution in [1.82, 2.24) is 5.32 Å². The molecule has 0 amide bonds. The van der Waals surface area contributed by atoms with Crippen LogP contribution in [0.5, 0.6) is 11.5 Å². The van der Waals surface area contributed by atoms with Crippen molar-refractivity contribution in [2.24, 2.45) is 16.6 Å². The molecule has 7 rings (SSSR count). The zero-order chi connectivity index (χ0) is 31.8. The lowest BCUT2D eigenvalue weighted by atomic mass is 9.57. The van der Waals surface area contributed by atoms with Crippen molar-refractivity contribution in [3.05, 3.63) is 81.7 Å². The Kier molecular flexibility index (Phi) is 8.89. The number of ketones is 1. The van der Waals surface area contributed by atoms with E-state index in [0.29, 0.717) is 43.6 Å². The molecule has 2 aromatic carbocycles. The van der Waals surface area contributed by atoms with E-state index in [4.69, 9.17) is 15.5 Å². The van der Waals surface area contributed by atoms with Gasteiger partial charge in [-0.05, 0) is 83.9 Å². The van der Waals surface area contributed by atoms with Crippen molar-refractivity contribution in [2.75, 3.05) is 19.8 Å². The fourth-order valence-electron chi connectivity index (χ4n) is 9.04. The number of carbonyl (C=O) groups excluding carboxylic acids is 1. The maximum atomic E-state index is 12.5. The minimum Gasteiger partial charge on any atom is -0.504 e. The number of rotatable bonds is 13. The summed E-state index contributed by atoms with van der Waals surface area (Å²) in [5.74, 6) is 1.71. The van der Waals surface area contributed by atoms with Gasteiger partial charge < -0.3 is 20.7 Å². The van der Waals surface area contributed by atoms with Gasteiger partial charge in [0.25, 0.3) is 0 Å². The molecule has 244 valence electrons. The largest absolute Gasteiger partial charge is 0.504 e. The predicted molar refractivity (Wildman–Crippen MR) is 179 cm³/mol. The van der Waals surface area contributed by atoms with Gasteiger partial charge in [-0.15, -0.1) is 0 Å². The molecule has 8 nitrogen and oxygen atoms in total. The fourth-order valence-corrected chi connectivity index (χ4v) is 9.04. The highest BCUT2D eigenvalue weighted by Gasteiger charge is 2.55. The van der Waals surface area contributed by atoms with Gasteiger partial charge in [0.05, 0.1) is 12.3 Å². The fraction of sp³-hybridized carbons (Fsp3) is 0.526. The van der Waals surface area contributed by atoms with Gasteiger partial charge in [-0.25, -0.2) is 0 Å². The topological polar surface area (TPSA) is 122 Å². The number of hydrogen-bond donors (Lipinski definition) is 5. The van der Waals surface area contributed by atoms with Gasteiger partial charge in [-0.3, -0.25) is 20.0 Å². The smallest absolute Gasteiger partial charge is 0.227 e. The Morgan fingerprint density at radius 1 is 1.26 bits per heavy atom. The Morgan fingerprint density at radius 3 is 3.02 bits per heavy atom. The molecule has 8 heteroatoms. The summed E-state index contributed by atoms with van der Waals surface area (Å²) in [5.41, 5.74) is 15.4. The van der Waals surface area contributed by atoms with E-state index in [1.165, 1.54) is 47.1 Å².